The van der Waals surface area contributed by atoms with Gasteiger partial charge < -0.3 is 38.7 Å². The number of aromatic nitrogens is 2. The second kappa shape index (κ2) is 14.4. The molecular formula is C31H42N4O7. The second-order valence-electron chi connectivity index (χ2n) is 10.6. The van der Waals surface area contributed by atoms with Crippen molar-refractivity contribution < 1.29 is 28.5 Å². The number of piperidine rings is 1. The summed E-state index contributed by atoms with van der Waals surface area (Å²) >= 11 is 0. The van der Waals surface area contributed by atoms with E-state index in [2.05, 4.69) is 21.8 Å². The Morgan fingerprint density at radius 2 is 1.79 bits per heavy atom. The summed E-state index contributed by atoms with van der Waals surface area (Å²) in [5, 5.41) is 3.80. The van der Waals surface area contributed by atoms with E-state index in [0.717, 1.165) is 29.4 Å². The SMILES string of the molecule is COCCOCCOC(=O)N1CCC([C@@H](C)n2c(C)c(C(=O)NCc3c(OC)cc(C)[nH]c3=O)c3ccccc32)CC1. The lowest BCUT2D eigenvalue weighted by atomic mass is 9.90. The van der Waals surface area contributed by atoms with Crippen molar-refractivity contribution in [3.8, 4) is 5.75 Å². The maximum Gasteiger partial charge on any atom is 0.409 e. The molecule has 42 heavy (non-hydrogen) atoms. The van der Waals surface area contributed by atoms with Gasteiger partial charge in [0.05, 0.1) is 44.6 Å². The van der Waals surface area contributed by atoms with Crippen molar-refractivity contribution in [1.29, 1.82) is 0 Å². The number of nitrogens with one attached hydrogen (secondary N) is 2. The van der Waals surface area contributed by atoms with Gasteiger partial charge in [0.2, 0.25) is 0 Å². The predicted molar refractivity (Wildman–Crippen MR) is 159 cm³/mol. The molecule has 1 fully saturated rings. The van der Waals surface area contributed by atoms with Crippen LogP contribution in [0.3, 0.4) is 0 Å². The normalized spacial score (nSPS) is 14.6. The van der Waals surface area contributed by atoms with E-state index < -0.39 is 0 Å². The average molecular weight is 583 g/mol. The zero-order chi connectivity index (χ0) is 30.2. The lowest BCUT2D eigenvalue weighted by Crippen LogP contribution is -2.40. The molecule has 2 aromatic heterocycles. The van der Waals surface area contributed by atoms with Crippen LogP contribution < -0.4 is 15.6 Å². The van der Waals surface area contributed by atoms with Crippen LogP contribution in [0.1, 0.15) is 53.1 Å². The highest BCUT2D eigenvalue weighted by atomic mass is 16.6. The average Bonchev–Trinajstić information content (AvgIpc) is 3.29. The number of para-hydroxylation sites is 1. The van der Waals surface area contributed by atoms with Crippen LogP contribution in [0, 0.1) is 19.8 Å². The molecule has 1 atom stereocenters. The Kier molecular flexibility index (Phi) is 10.6. The maximum atomic E-state index is 13.6. The van der Waals surface area contributed by atoms with Crippen molar-refractivity contribution in [3.63, 3.8) is 0 Å². The first-order valence-electron chi connectivity index (χ1n) is 14.4. The van der Waals surface area contributed by atoms with Crippen molar-refractivity contribution >= 4 is 22.9 Å². The highest BCUT2D eigenvalue weighted by Crippen LogP contribution is 2.36. The van der Waals surface area contributed by atoms with E-state index in [1.807, 2.05) is 31.2 Å². The second-order valence-corrected chi connectivity index (χ2v) is 10.6. The first kappa shape index (κ1) is 31.1. The van der Waals surface area contributed by atoms with Crippen LogP contribution in [0.4, 0.5) is 4.79 Å². The lowest BCUT2D eigenvalue weighted by molar-refractivity contribution is 0.0290. The molecule has 11 nitrogen and oxygen atoms in total. The molecule has 3 aromatic rings. The molecule has 228 valence electrons. The van der Waals surface area contributed by atoms with Gasteiger partial charge in [0.15, 0.2) is 0 Å². The standard InChI is InChI=1S/C31H42N4O7/c1-20-18-27(40-5)25(29(36)33-20)19-32-30(37)28-22(3)35(26-9-7-6-8-24(26)28)21(2)23-10-12-34(13-11-23)31(38)42-17-16-41-15-14-39-4/h6-9,18,21,23H,10-17,19H2,1-5H3,(H,32,37)(H,33,36)/t21-/m1/s1. The molecule has 1 aliphatic heterocycles. The Morgan fingerprint density at radius 1 is 1.07 bits per heavy atom. The van der Waals surface area contributed by atoms with Gasteiger partial charge >= 0.3 is 6.09 Å². The van der Waals surface area contributed by atoms with E-state index in [-0.39, 0.29) is 36.8 Å². The minimum Gasteiger partial charge on any atom is -0.496 e. The number of ether oxygens (including phenoxy) is 4. The van der Waals surface area contributed by atoms with E-state index in [0.29, 0.717) is 61.4 Å². The largest absolute Gasteiger partial charge is 0.496 e. The number of methoxy groups -OCH3 is 2. The highest BCUT2D eigenvalue weighted by Gasteiger charge is 2.31. The minimum absolute atomic E-state index is 0.0416. The van der Waals surface area contributed by atoms with Gasteiger partial charge in [0.1, 0.15) is 12.4 Å². The highest BCUT2D eigenvalue weighted by molar-refractivity contribution is 6.08. The van der Waals surface area contributed by atoms with Crippen molar-refractivity contribution in [3.05, 3.63) is 63.2 Å². The van der Waals surface area contributed by atoms with Crippen molar-refractivity contribution in [2.75, 3.05) is 53.7 Å². The fourth-order valence-corrected chi connectivity index (χ4v) is 5.79. The summed E-state index contributed by atoms with van der Waals surface area (Å²) in [4.78, 5) is 43.2. The Balaban J connectivity index is 1.43. The molecule has 4 rings (SSSR count). The van der Waals surface area contributed by atoms with Gasteiger partial charge in [-0.1, -0.05) is 18.2 Å². The molecule has 2 N–H and O–H groups in total. The summed E-state index contributed by atoms with van der Waals surface area (Å²) in [5.41, 5.74) is 3.20. The van der Waals surface area contributed by atoms with Crippen LogP contribution in [0.25, 0.3) is 10.9 Å². The summed E-state index contributed by atoms with van der Waals surface area (Å²) in [6.07, 6.45) is 1.33. The zero-order valence-electron chi connectivity index (χ0n) is 25.2. The van der Waals surface area contributed by atoms with E-state index in [4.69, 9.17) is 18.9 Å². The Morgan fingerprint density at radius 3 is 2.50 bits per heavy atom. The van der Waals surface area contributed by atoms with E-state index >= 15 is 0 Å². The Bertz CT molecular complexity index is 1440. The zero-order valence-corrected chi connectivity index (χ0v) is 25.2. The van der Waals surface area contributed by atoms with E-state index in [9.17, 15) is 14.4 Å². The van der Waals surface area contributed by atoms with Crippen LogP contribution in [0.2, 0.25) is 0 Å². The van der Waals surface area contributed by atoms with Crippen LogP contribution >= 0.6 is 0 Å². The number of fused-ring (bicyclic) bond motifs is 1. The van der Waals surface area contributed by atoms with Gasteiger partial charge in [-0.25, -0.2) is 4.79 Å². The number of nitrogens with zero attached hydrogens (tertiary/aromatic N) is 2. The third-order valence-electron chi connectivity index (χ3n) is 8.03. The number of aryl methyl sites for hydroxylation is 1. The van der Waals surface area contributed by atoms with Gasteiger partial charge in [-0.2, -0.15) is 0 Å². The smallest absolute Gasteiger partial charge is 0.409 e. The van der Waals surface area contributed by atoms with Gasteiger partial charge in [-0.15, -0.1) is 0 Å². The first-order chi connectivity index (χ1) is 20.3. The van der Waals surface area contributed by atoms with Gasteiger partial charge in [-0.05, 0) is 51.7 Å². The summed E-state index contributed by atoms with van der Waals surface area (Å²) < 4.78 is 23.3. The fraction of sp³-hybridized carbons (Fsp3) is 0.516. The van der Waals surface area contributed by atoms with Gasteiger partial charge in [-0.3, -0.25) is 9.59 Å². The van der Waals surface area contributed by atoms with Crippen molar-refractivity contribution in [2.45, 2.75) is 46.2 Å². The topological polar surface area (TPSA) is 124 Å². The van der Waals surface area contributed by atoms with Crippen LogP contribution in [-0.4, -0.2) is 80.2 Å². The number of amides is 2. The molecule has 1 saturated heterocycles. The summed E-state index contributed by atoms with van der Waals surface area (Å²) in [7, 11) is 3.12. The molecule has 11 heteroatoms. The number of rotatable bonds is 12. The molecule has 0 radical (unpaired) electrons. The number of pyridine rings is 1. The monoisotopic (exact) mass is 582 g/mol. The fourth-order valence-electron chi connectivity index (χ4n) is 5.79. The molecule has 0 aliphatic carbocycles. The third kappa shape index (κ3) is 6.96. The summed E-state index contributed by atoms with van der Waals surface area (Å²) in [6.45, 7) is 8.70. The van der Waals surface area contributed by atoms with Gasteiger partial charge in [0.25, 0.3) is 11.5 Å². The maximum absolute atomic E-state index is 13.6. The van der Waals surface area contributed by atoms with Crippen LogP contribution in [-0.2, 0) is 20.8 Å². The predicted octanol–water partition coefficient (Wildman–Crippen LogP) is 3.96. The molecule has 2 amide bonds. The molecule has 0 bridgehead atoms. The Labute approximate surface area is 246 Å². The molecule has 1 aromatic carbocycles. The third-order valence-corrected chi connectivity index (χ3v) is 8.03. The van der Waals surface area contributed by atoms with Crippen LogP contribution in [0.5, 0.6) is 5.75 Å². The molecule has 1 aliphatic rings. The molecular weight excluding hydrogens is 540 g/mol. The summed E-state index contributed by atoms with van der Waals surface area (Å²) in [6, 6.07) is 9.73. The first-order valence-corrected chi connectivity index (χ1v) is 14.4. The number of carbonyl (C=O) groups excluding carboxylic acids is 2. The van der Waals surface area contributed by atoms with Crippen molar-refractivity contribution in [1.82, 2.24) is 19.8 Å². The number of hydrogen-bond acceptors (Lipinski definition) is 7. The number of H-pyrrole nitrogens is 1. The van der Waals surface area contributed by atoms with E-state index in [1.165, 1.54) is 7.11 Å². The van der Waals surface area contributed by atoms with Crippen molar-refractivity contribution in [2.24, 2.45) is 5.92 Å². The molecule has 0 unspecified atom stereocenters. The number of benzene rings is 1. The minimum atomic E-state index is -0.318. The molecule has 0 saturated carbocycles. The number of hydrogen-bond donors (Lipinski definition) is 2. The lowest BCUT2D eigenvalue weighted by Gasteiger charge is -2.35. The summed E-state index contributed by atoms with van der Waals surface area (Å²) in [5.74, 6) is 0.502. The molecule has 3 heterocycles. The number of aromatic amines is 1. The van der Waals surface area contributed by atoms with Gasteiger partial charge in [0, 0.05) is 48.5 Å². The number of carbonyl (C=O) groups is 2. The quantitative estimate of drug-likeness (QED) is 0.310. The number of likely N-dealkylation sites (tertiary alicyclic amines) is 1. The van der Waals surface area contributed by atoms with E-state index in [1.54, 1.807) is 25.0 Å². The van der Waals surface area contributed by atoms with Crippen LogP contribution in [0.15, 0.2) is 35.1 Å². The molecule has 0 spiro atoms. The Hall–Kier alpha value is -3.83.